The summed E-state index contributed by atoms with van der Waals surface area (Å²) in [5, 5.41) is 10.7. The van der Waals surface area contributed by atoms with Crippen LogP contribution in [0.4, 0.5) is 0 Å². The maximum Gasteiger partial charge on any atom is 0.113 e. The summed E-state index contributed by atoms with van der Waals surface area (Å²) in [5.41, 5.74) is 3.25. The SMILES string of the molecule is O[C@H]1C[C@@H](OCc2ccccc2)[C@@H](OCc2ccccc2)[C@H]1OCc1ccccc1. The standard InChI is InChI=1S/C26H28O4/c27-23-16-24(28-17-20-10-4-1-5-11-20)26(30-19-22-14-8-3-9-15-22)25(23)29-18-21-12-6-2-7-13-21/h1-15,23-27H,16-19H2/t23-,24+,25-,26+/m0/s1. The van der Waals surface area contributed by atoms with E-state index in [1.807, 2.05) is 91.0 Å². The minimum atomic E-state index is -0.629. The summed E-state index contributed by atoms with van der Waals surface area (Å²) in [6.45, 7) is 1.36. The van der Waals surface area contributed by atoms with Gasteiger partial charge in [-0.05, 0) is 16.7 Å². The summed E-state index contributed by atoms with van der Waals surface area (Å²) in [5.74, 6) is 0. The van der Waals surface area contributed by atoms with Gasteiger partial charge in [0.05, 0.1) is 32.0 Å². The summed E-state index contributed by atoms with van der Waals surface area (Å²) >= 11 is 0. The fraction of sp³-hybridized carbons (Fsp3) is 0.308. The molecule has 1 aliphatic carbocycles. The molecule has 4 rings (SSSR count). The molecular weight excluding hydrogens is 376 g/mol. The molecule has 0 aromatic heterocycles. The fourth-order valence-electron chi connectivity index (χ4n) is 3.82. The molecule has 3 aromatic carbocycles. The number of ether oxygens (including phenoxy) is 3. The molecule has 1 N–H and O–H groups in total. The molecule has 1 aliphatic rings. The molecule has 156 valence electrons. The lowest BCUT2D eigenvalue weighted by molar-refractivity contribution is -0.133. The van der Waals surface area contributed by atoms with Crippen molar-refractivity contribution in [2.75, 3.05) is 0 Å². The van der Waals surface area contributed by atoms with E-state index in [0.29, 0.717) is 26.2 Å². The Hall–Kier alpha value is -2.50. The normalized spacial score (nSPS) is 23.5. The Morgan fingerprint density at radius 1 is 0.567 bits per heavy atom. The van der Waals surface area contributed by atoms with Gasteiger partial charge in [0.2, 0.25) is 0 Å². The van der Waals surface area contributed by atoms with Crippen LogP contribution in [0.2, 0.25) is 0 Å². The third-order valence-corrected chi connectivity index (χ3v) is 5.42. The fourth-order valence-corrected chi connectivity index (χ4v) is 3.82. The second-order valence-electron chi connectivity index (χ2n) is 7.66. The lowest BCUT2D eigenvalue weighted by atomic mass is 10.2. The molecular formula is C26H28O4. The van der Waals surface area contributed by atoms with Gasteiger partial charge in [0.1, 0.15) is 12.2 Å². The van der Waals surface area contributed by atoms with Gasteiger partial charge < -0.3 is 19.3 Å². The minimum Gasteiger partial charge on any atom is -0.390 e. The second kappa shape index (κ2) is 10.5. The lowest BCUT2D eigenvalue weighted by Gasteiger charge is -2.26. The van der Waals surface area contributed by atoms with E-state index in [2.05, 4.69) is 0 Å². The quantitative estimate of drug-likeness (QED) is 0.570. The first-order chi connectivity index (χ1) is 14.8. The van der Waals surface area contributed by atoms with Crippen LogP contribution >= 0.6 is 0 Å². The van der Waals surface area contributed by atoms with Crippen molar-refractivity contribution in [1.29, 1.82) is 0 Å². The second-order valence-corrected chi connectivity index (χ2v) is 7.66. The molecule has 0 saturated heterocycles. The van der Waals surface area contributed by atoms with Crippen LogP contribution < -0.4 is 0 Å². The summed E-state index contributed by atoms with van der Waals surface area (Å²) in [6, 6.07) is 30.1. The Bertz CT molecular complexity index is 869. The van der Waals surface area contributed by atoms with Crippen molar-refractivity contribution in [2.45, 2.75) is 50.7 Å². The first-order valence-corrected chi connectivity index (χ1v) is 10.4. The highest BCUT2D eigenvalue weighted by molar-refractivity contribution is 5.15. The van der Waals surface area contributed by atoms with Crippen molar-refractivity contribution < 1.29 is 19.3 Å². The van der Waals surface area contributed by atoms with Crippen LogP contribution in [-0.4, -0.2) is 29.5 Å². The van der Waals surface area contributed by atoms with Gasteiger partial charge in [-0.2, -0.15) is 0 Å². The van der Waals surface area contributed by atoms with Crippen molar-refractivity contribution >= 4 is 0 Å². The molecule has 3 aromatic rings. The highest BCUT2D eigenvalue weighted by Crippen LogP contribution is 2.31. The van der Waals surface area contributed by atoms with Crippen molar-refractivity contribution in [1.82, 2.24) is 0 Å². The molecule has 1 saturated carbocycles. The average Bonchev–Trinajstić information content (AvgIpc) is 3.11. The number of benzene rings is 3. The highest BCUT2D eigenvalue weighted by atomic mass is 16.6. The smallest absolute Gasteiger partial charge is 0.113 e. The van der Waals surface area contributed by atoms with E-state index in [1.165, 1.54) is 0 Å². The first-order valence-electron chi connectivity index (χ1n) is 10.4. The molecule has 0 amide bonds. The van der Waals surface area contributed by atoms with Crippen LogP contribution in [0.25, 0.3) is 0 Å². The van der Waals surface area contributed by atoms with Gasteiger partial charge in [0.25, 0.3) is 0 Å². The monoisotopic (exact) mass is 404 g/mol. The zero-order chi connectivity index (χ0) is 20.6. The van der Waals surface area contributed by atoms with E-state index in [1.54, 1.807) is 0 Å². The predicted octanol–water partition coefficient (Wildman–Crippen LogP) is 4.51. The van der Waals surface area contributed by atoms with Crippen molar-refractivity contribution in [3.63, 3.8) is 0 Å². The number of rotatable bonds is 9. The van der Waals surface area contributed by atoms with Gasteiger partial charge in [0, 0.05) is 6.42 Å². The topological polar surface area (TPSA) is 47.9 Å². The third-order valence-electron chi connectivity index (χ3n) is 5.42. The third kappa shape index (κ3) is 5.55. The zero-order valence-corrected chi connectivity index (χ0v) is 17.0. The molecule has 0 unspecified atom stereocenters. The van der Waals surface area contributed by atoms with E-state index in [0.717, 1.165) is 16.7 Å². The van der Waals surface area contributed by atoms with Crippen molar-refractivity contribution in [2.24, 2.45) is 0 Å². The highest BCUT2D eigenvalue weighted by Gasteiger charge is 2.45. The molecule has 0 radical (unpaired) electrons. The molecule has 0 spiro atoms. The van der Waals surface area contributed by atoms with Crippen LogP contribution in [0.5, 0.6) is 0 Å². The number of hydrogen-bond acceptors (Lipinski definition) is 4. The van der Waals surface area contributed by atoms with Gasteiger partial charge in [-0.15, -0.1) is 0 Å². The van der Waals surface area contributed by atoms with Gasteiger partial charge in [-0.1, -0.05) is 91.0 Å². The van der Waals surface area contributed by atoms with E-state index in [4.69, 9.17) is 14.2 Å². The van der Waals surface area contributed by atoms with Gasteiger partial charge in [-0.3, -0.25) is 0 Å². The molecule has 0 heterocycles. The molecule has 0 aliphatic heterocycles. The Morgan fingerprint density at radius 2 is 0.967 bits per heavy atom. The molecule has 30 heavy (non-hydrogen) atoms. The summed E-state index contributed by atoms with van der Waals surface area (Å²) < 4.78 is 18.6. The summed E-state index contributed by atoms with van der Waals surface area (Å²) in [4.78, 5) is 0. The Morgan fingerprint density at radius 3 is 1.43 bits per heavy atom. The van der Waals surface area contributed by atoms with Crippen LogP contribution in [0.1, 0.15) is 23.1 Å². The van der Waals surface area contributed by atoms with E-state index >= 15 is 0 Å². The van der Waals surface area contributed by atoms with Crippen LogP contribution in [0, 0.1) is 0 Å². The molecule has 4 heteroatoms. The minimum absolute atomic E-state index is 0.232. The largest absolute Gasteiger partial charge is 0.390 e. The zero-order valence-electron chi connectivity index (χ0n) is 17.0. The first kappa shape index (κ1) is 20.8. The lowest BCUT2D eigenvalue weighted by Crippen LogP contribution is -2.38. The molecule has 4 nitrogen and oxygen atoms in total. The van der Waals surface area contributed by atoms with Crippen LogP contribution in [0.3, 0.4) is 0 Å². The van der Waals surface area contributed by atoms with Crippen molar-refractivity contribution in [3.8, 4) is 0 Å². The Kier molecular flexibility index (Phi) is 7.27. The van der Waals surface area contributed by atoms with E-state index in [-0.39, 0.29) is 12.2 Å². The van der Waals surface area contributed by atoms with E-state index in [9.17, 15) is 5.11 Å². The average molecular weight is 405 g/mol. The number of hydrogen-bond donors (Lipinski definition) is 1. The Labute approximate surface area is 178 Å². The van der Waals surface area contributed by atoms with Gasteiger partial charge in [-0.25, -0.2) is 0 Å². The van der Waals surface area contributed by atoms with E-state index < -0.39 is 12.2 Å². The summed E-state index contributed by atoms with van der Waals surface area (Å²) in [6.07, 6.45) is -1.14. The number of aliphatic hydroxyl groups is 1. The van der Waals surface area contributed by atoms with Crippen LogP contribution in [-0.2, 0) is 34.0 Å². The predicted molar refractivity (Wildman–Crippen MR) is 116 cm³/mol. The van der Waals surface area contributed by atoms with Crippen LogP contribution in [0.15, 0.2) is 91.0 Å². The van der Waals surface area contributed by atoms with Gasteiger partial charge >= 0.3 is 0 Å². The molecule has 4 atom stereocenters. The molecule has 0 bridgehead atoms. The Balaban J connectivity index is 1.43. The molecule has 1 fully saturated rings. The van der Waals surface area contributed by atoms with Crippen molar-refractivity contribution in [3.05, 3.63) is 108 Å². The van der Waals surface area contributed by atoms with Gasteiger partial charge in [0.15, 0.2) is 0 Å². The maximum absolute atomic E-state index is 10.7. The maximum atomic E-state index is 10.7. The summed E-state index contributed by atoms with van der Waals surface area (Å²) in [7, 11) is 0. The number of aliphatic hydroxyl groups excluding tert-OH is 1.